The minimum Gasteiger partial charge on any atom is -0.368 e. The third-order valence-electron chi connectivity index (χ3n) is 6.51. The van der Waals surface area contributed by atoms with Gasteiger partial charge >= 0.3 is 0 Å². The zero-order valence-electron chi connectivity index (χ0n) is 18.6. The molecule has 0 amide bonds. The molecule has 166 valence electrons. The Morgan fingerprint density at radius 1 is 1.09 bits per heavy atom. The summed E-state index contributed by atoms with van der Waals surface area (Å²) in [5.41, 5.74) is 5.36. The third-order valence-corrected chi connectivity index (χ3v) is 6.51. The Balaban J connectivity index is 1.40. The summed E-state index contributed by atoms with van der Waals surface area (Å²) in [6.07, 6.45) is 6.08. The summed E-state index contributed by atoms with van der Waals surface area (Å²) >= 11 is 0. The minimum atomic E-state index is -0.352. The van der Waals surface area contributed by atoms with E-state index in [9.17, 15) is 4.39 Å². The second-order valence-corrected chi connectivity index (χ2v) is 9.49. The summed E-state index contributed by atoms with van der Waals surface area (Å²) in [7, 11) is 0. The fraction of sp³-hybridized carbons (Fsp3) is 0.417. The van der Waals surface area contributed by atoms with Gasteiger partial charge in [-0.05, 0) is 57.2 Å². The van der Waals surface area contributed by atoms with Crippen LogP contribution in [0.4, 0.5) is 21.6 Å². The number of nitrogens with one attached hydrogen (secondary N) is 3. The molecule has 1 aliphatic carbocycles. The maximum atomic E-state index is 14.6. The van der Waals surface area contributed by atoms with Crippen molar-refractivity contribution in [1.82, 2.24) is 24.9 Å². The van der Waals surface area contributed by atoms with E-state index in [1.54, 1.807) is 4.40 Å². The molecule has 0 radical (unpaired) electrons. The molecule has 7 nitrogen and oxygen atoms in total. The van der Waals surface area contributed by atoms with Gasteiger partial charge in [0.1, 0.15) is 0 Å². The molecule has 32 heavy (non-hydrogen) atoms. The van der Waals surface area contributed by atoms with E-state index in [0.717, 1.165) is 35.5 Å². The predicted octanol–water partition coefficient (Wildman–Crippen LogP) is 4.47. The Morgan fingerprint density at radius 3 is 2.62 bits per heavy atom. The number of halogens is 1. The maximum Gasteiger partial charge on any atom is 0.173 e. The quantitative estimate of drug-likeness (QED) is 0.443. The molecule has 1 aromatic carbocycles. The van der Waals surface area contributed by atoms with Crippen molar-refractivity contribution in [2.75, 3.05) is 23.3 Å². The first-order chi connectivity index (χ1) is 15.4. The molecule has 0 spiro atoms. The highest BCUT2D eigenvalue weighted by atomic mass is 19.1. The zero-order valence-corrected chi connectivity index (χ0v) is 18.6. The molecule has 6 rings (SSSR count). The number of fused-ring (bicyclic) bond motifs is 2. The highest BCUT2D eigenvalue weighted by molar-refractivity contribution is 5.97. The van der Waals surface area contributed by atoms with E-state index < -0.39 is 0 Å². The number of pyridine rings is 1. The molecule has 2 aliphatic rings. The van der Waals surface area contributed by atoms with E-state index in [1.807, 2.05) is 19.3 Å². The highest BCUT2D eigenvalue weighted by Gasteiger charge is 2.30. The lowest BCUT2D eigenvalue weighted by atomic mass is 10.0. The number of hydrogen-bond acceptors (Lipinski definition) is 5. The number of benzene rings is 1. The van der Waals surface area contributed by atoms with Crippen LogP contribution in [0.3, 0.4) is 0 Å². The van der Waals surface area contributed by atoms with Gasteiger partial charge in [-0.15, -0.1) is 0 Å². The van der Waals surface area contributed by atoms with E-state index in [-0.39, 0.29) is 5.82 Å². The number of aryl methyl sites for hydroxylation is 1. The minimum absolute atomic E-state index is 0.336. The number of nitrogens with zero attached hydrogens (tertiary/aromatic N) is 4. The first-order valence-electron chi connectivity index (χ1n) is 11.4. The molecule has 3 N–H and O–H groups in total. The molecule has 3 aromatic heterocycles. The van der Waals surface area contributed by atoms with E-state index in [0.29, 0.717) is 29.3 Å². The molecule has 4 heterocycles. The number of imidazole rings is 1. The SMILES string of the molecule is Cc1cn2cc(Nc3n[nH]c4cc(N5C[C@@H](C)N[C@H](C)C5)cc(C5CC5)c34)cc(F)c2n1. The average Bonchev–Trinajstić information content (AvgIpc) is 3.40. The Bertz CT molecular complexity index is 1310. The smallest absolute Gasteiger partial charge is 0.173 e. The van der Waals surface area contributed by atoms with Crippen molar-refractivity contribution in [3.8, 4) is 0 Å². The van der Waals surface area contributed by atoms with Crippen LogP contribution in [-0.4, -0.2) is 44.8 Å². The lowest BCUT2D eigenvalue weighted by Crippen LogP contribution is -2.54. The van der Waals surface area contributed by atoms with Gasteiger partial charge in [-0.2, -0.15) is 5.10 Å². The van der Waals surface area contributed by atoms with Crippen LogP contribution in [0.25, 0.3) is 16.6 Å². The predicted molar refractivity (Wildman–Crippen MR) is 126 cm³/mol. The van der Waals surface area contributed by atoms with Crippen LogP contribution in [0.2, 0.25) is 0 Å². The molecular formula is C24H28FN7. The molecule has 1 saturated carbocycles. The Labute approximate surface area is 186 Å². The van der Waals surface area contributed by atoms with Gasteiger partial charge in [-0.3, -0.25) is 5.10 Å². The van der Waals surface area contributed by atoms with Gasteiger partial charge in [0.2, 0.25) is 0 Å². The summed E-state index contributed by atoms with van der Waals surface area (Å²) in [6.45, 7) is 8.31. The average molecular weight is 434 g/mol. The van der Waals surface area contributed by atoms with Crippen LogP contribution in [0.5, 0.6) is 0 Å². The fourth-order valence-electron chi connectivity index (χ4n) is 5.08. The number of aromatic amines is 1. The summed E-state index contributed by atoms with van der Waals surface area (Å²) in [6, 6.07) is 6.93. The molecule has 2 fully saturated rings. The molecule has 4 aromatic rings. The van der Waals surface area contributed by atoms with Crippen LogP contribution in [0, 0.1) is 12.7 Å². The number of piperazine rings is 1. The standard InChI is InChI=1S/C24H28FN7/c1-13-9-31(10-14(2)26-13)18-7-19(16-4-5-16)22-21(8-18)29-30-23(22)28-17-6-20(25)24-27-15(3)11-32(24)12-17/h6-8,11-14,16,26H,4-5,9-10H2,1-3H3,(H2,28,29,30)/t13-,14-/m1/s1. The van der Waals surface area contributed by atoms with E-state index in [1.165, 1.54) is 30.2 Å². The van der Waals surface area contributed by atoms with Gasteiger partial charge in [0.25, 0.3) is 0 Å². The largest absolute Gasteiger partial charge is 0.368 e. The number of aromatic nitrogens is 4. The van der Waals surface area contributed by atoms with E-state index >= 15 is 0 Å². The second kappa shape index (κ2) is 7.20. The van der Waals surface area contributed by atoms with Gasteiger partial charge in [-0.25, -0.2) is 9.37 Å². The highest BCUT2D eigenvalue weighted by Crippen LogP contribution is 2.46. The van der Waals surface area contributed by atoms with Crippen LogP contribution in [0.1, 0.15) is 43.9 Å². The number of hydrogen-bond donors (Lipinski definition) is 3. The second-order valence-electron chi connectivity index (χ2n) is 9.49. The number of rotatable bonds is 4. The van der Waals surface area contributed by atoms with Crippen LogP contribution in [0.15, 0.2) is 30.6 Å². The number of anilines is 3. The Morgan fingerprint density at radius 2 is 1.88 bits per heavy atom. The summed E-state index contributed by atoms with van der Waals surface area (Å²) in [4.78, 5) is 6.71. The molecule has 0 unspecified atom stereocenters. The van der Waals surface area contributed by atoms with Crippen molar-refractivity contribution >= 4 is 33.7 Å². The molecule has 8 heteroatoms. The van der Waals surface area contributed by atoms with Crippen molar-refractivity contribution in [2.24, 2.45) is 0 Å². The molecule has 0 bridgehead atoms. The van der Waals surface area contributed by atoms with Gasteiger partial charge in [-0.1, -0.05) is 0 Å². The topological polar surface area (TPSA) is 73.3 Å². The fourth-order valence-corrected chi connectivity index (χ4v) is 5.08. The van der Waals surface area contributed by atoms with Crippen LogP contribution >= 0.6 is 0 Å². The van der Waals surface area contributed by atoms with Gasteiger partial charge in [0, 0.05) is 54.7 Å². The van der Waals surface area contributed by atoms with Crippen molar-refractivity contribution in [3.63, 3.8) is 0 Å². The first kappa shape index (κ1) is 19.5. The molecular weight excluding hydrogens is 405 g/mol. The summed E-state index contributed by atoms with van der Waals surface area (Å²) in [5, 5.41) is 15.9. The van der Waals surface area contributed by atoms with E-state index in [2.05, 4.69) is 56.7 Å². The lowest BCUT2D eigenvalue weighted by Gasteiger charge is -2.38. The van der Waals surface area contributed by atoms with Crippen molar-refractivity contribution in [2.45, 2.75) is 51.6 Å². The van der Waals surface area contributed by atoms with Crippen molar-refractivity contribution < 1.29 is 4.39 Å². The zero-order chi connectivity index (χ0) is 22.0. The van der Waals surface area contributed by atoms with Crippen LogP contribution < -0.4 is 15.5 Å². The lowest BCUT2D eigenvalue weighted by molar-refractivity contribution is 0.407. The normalized spacial score (nSPS) is 21.6. The molecule has 2 atom stereocenters. The first-order valence-corrected chi connectivity index (χ1v) is 11.4. The monoisotopic (exact) mass is 433 g/mol. The van der Waals surface area contributed by atoms with Crippen molar-refractivity contribution in [3.05, 3.63) is 47.7 Å². The van der Waals surface area contributed by atoms with E-state index in [4.69, 9.17) is 0 Å². The maximum absolute atomic E-state index is 14.6. The van der Waals surface area contributed by atoms with Gasteiger partial charge < -0.3 is 19.9 Å². The Hall–Kier alpha value is -3.13. The third kappa shape index (κ3) is 3.39. The number of H-pyrrole nitrogens is 1. The molecule has 1 aliphatic heterocycles. The Kier molecular flexibility index (Phi) is 4.40. The molecule has 1 saturated heterocycles. The summed E-state index contributed by atoms with van der Waals surface area (Å²) < 4.78 is 16.3. The van der Waals surface area contributed by atoms with Gasteiger partial charge in [0.05, 0.1) is 16.9 Å². The van der Waals surface area contributed by atoms with Gasteiger partial charge in [0.15, 0.2) is 17.3 Å². The summed E-state index contributed by atoms with van der Waals surface area (Å²) in [5.74, 6) is 0.949. The van der Waals surface area contributed by atoms with Crippen LogP contribution in [-0.2, 0) is 0 Å². The van der Waals surface area contributed by atoms with Crippen molar-refractivity contribution in [1.29, 1.82) is 0 Å².